The summed E-state index contributed by atoms with van der Waals surface area (Å²) in [7, 11) is 0. The van der Waals surface area contributed by atoms with E-state index in [2.05, 4.69) is 5.32 Å². The molecule has 2 amide bonds. The average Bonchev–Trinajstić information content (AvgIpc) is 2.68. The van der Waals surface area contributed by atoms with Gasteiger partial charge in [-0.3, -0.25) is 9.59 Å². The summed E-state index contributed by atoms with van der Waals surface area (Å²) in [5, 5.41) is 3.00. The van der Waals surface area contributed by atoms with Crippen molar-refractivity contribution in [3.63, 3.8) is 0 Å². The molecule has 0 aromatic carbocycles. The highest BCUT2D eigenvalue weighted by Gasteiger charge is 2.38. The van der Waals surface area contributed by atoms with Gasteiger partial charge in [-0.15, -0.1) is 0 Å². The van der Waals surface area contributed by atoms with Crippen molar-refractivity contribution in [1.29, 1.82) is 0 Å². The fourth-order valence-corrected chi connectivity index (χ4v) is 3.94. The zero-order valence-electron chi connectivity index (χ0n) is 12.7. The third-order valence-electron chi connectivity index (χ3n) is 5.14. The van der Waals surface area contributed by atoms with Crippen LogP contribution < -0.4 is 5.32 Å². The summed E-state index contributed by atoms with van der Waals surface area (Å²) >= 11 is 0. The van der Waals surface area contributed by atoms with Gasteiger partial charge in [-0.25, -0.2) is 0 Å². The Kier molecular flexibility index (Phi) is 4.78. The maximum atomic E-state index is 12.9. The number of ether oxygens (including phenoxy) is 1. The predicted molar refractivity (Wildman–Crippen MR) is 78.7 cm³/mol. The number of nitrogens with one attached hydrogen (secondary N) is 1. The second-order valence-corrected chi connectivity index (χ2v) is 6.60. The lowest BCUT2D eigenvalue weighted by atomic mass is 9.83. The standard InChI is InChI=1S/C16H26N2O3/c19-14-8-9-18(13-7-4-10-21-11-13)16(20)15(17-14)12-5-2-1-3-6-12/h12-13,15H,1-11H2,(H,17,19). The molecule has 0 spiro atoms. The van der Waals surface area contributed by atoms with Crippen molar-refractivity contribution in [2.45, 2.75) is 63.5 Å². The van der Waals surface area contributed by atoms with Gasteiger partial charge in [0, 0.05) is 19.6 Å². The molecule has 3 aliphatic rings. The predicted octanol–water partition coefficient (Wildman–Crippen LogP) is 1.46. The van der Waals surface area contributed by atoms with Gasteiger partial charge in [0.15, 0.2) is 0 Å². The van der Waals surface area contributed by atoms with Crippen LogP contribution in [0.1, 0.15) is 51.4 Å². The van der Waals surface area contributed by atoms with E-state index in [0.717, 1.165) is 32.3 Å². The van der Waals surface area contributed by atoms with E-state index in [-0.39, 0.29) is 23.9 Å². The normalized spacial score (nSPS) is 32.7. The van der Waals surface area contributed by atoms with Crippen molar-refractivity contribution in [2.75, 3.05) is 19.8 Å². The lowest BCUT2D eigenvalue weighted by molar-refractivity contribution is -0.140. The van der Waals surface area contributed by atoms with Gasteiger partial charge in [-0.2, -0.15) is 0 Å². The van der Waals surface area contributed by atoms with Crippen LogP contribution >= 0.6 is 0 Å². The molecule has 2 atom stereocenters. The van der Waals surface area contributed by atoms with E-state index < -0.39 is 0 Å². The van der Waals surface area contributed by atoms with Crippen molar-refractivity contribution in [2.24, 2.45) is 5.92 Å². The number of carbonyl (C=O) groups excluding carboxylic acids is 2. The molecule has 1 N–H and O–H groups in total. The van der Waals surface area contributed by atoms with E-state index in [1.807, 2.05) is 4.90 Å². The van der Waals surface area contributed by atoms with Crippen LogP contribution in [0.3, 0.4) is 0 Å². The number of carbonyl (C=O) groups is 2. The Morgan fingerprint density at radius 2 is 1.86 bits per heavy atom. The third-order valence-corrected chi connectivity index (χ3v) is 5.14. The zero-order chi connectivity index (χ0) is 14.7. The van der Waals surface area contributed by atoms with E-state index in [1.54, 1.807) is 0 Å². The summed E-state index contributed by atoms with van der Waals surface area (Å²) in [5.74, 6) is 0.474. The molecule has 2 saturated heterocycles. The molecule has 2 heterocycles. The Morgan fingerprint density at radius 3 is 2.57 bits per heavy atom. The maximum Gasteiger partial charge on any atom is 0.245 e. The number of rotatable bonds is 2. The molecule has 2 unspecified atom stereocenters. The quantitative estimate of drug-likeness (QED) is 0.839. The molecule has 1 saturated carbocycles. The topological polar surface area (TPSA) is 58.6 Å². The van der Waals surface area contributed by atoms with Crippen LogP contribution in [0.5, 0.6) is 0 Å². The molecule has 5 heteroatoms. The minimum absolute atomic E-state index is 0.0261. The molecule has 0 aromatic rings. The largest absolute Gasteiger partial charge is 0.379 e. The van der Waals surface area contributed by atoms with Gasteiger partial charge in [-0.1, -0.05) is 19.3 Å². The fraction of sp³-hybridized carbons (Fsp3) is 0.875. The molecule has 0 bridgehead atoms. The minimum atomic E-state index is -0.303. The van der Waals surface area contributed by atoms with Gasteiger partial charge in [0.1, 0.15) is 6.04 Å². The molecule has 2 aliphatic heterocycles. The van der Waals surface area contributed by atoms with E-state index >= 15 is 0 Å². The van der Waals surface area contributed by atoms with Crippen molar-refractivity contribution in [1.82, 2.24) is 10.2 Å². The van der Waals surface area contributed by atoms with Crippen LogP contribution in [0.2, 0.25) is 0 Å². The number of nitrogens with zero attached hydrogens (tertiary/aromatic N) is 1. The van der Waals surface area contributed by atoms with Gasteiger partial charge < -0.3 is 15.0 Å². The number of hydrogen-bond acceptors (Lipinski definition) is 3. The van der Waals surface area contributed by atoms with Crippen LogP contribution in [0, 0.1) is 5.92 Å². The summed E-state index contributed by atoms with van der Waals surface area (Å²) < 4.78 is 5.53. The summed E-state index contributed by atoms with van der Waals surface area (Å²) in [5.41, 5.74) is 0. The maximum absolute atomic E-state index is 12.9. The molecule has 0 radical (unpaired) electrons. The lowest BCUT2D eigenvalue weighted by Crippen LogP contribution is -2.53. The van der Waals surface area contributed by atoms with Gasteiger partial charge >= 0.3 is 0 Å². The average molecular weight is 294 g/mol. The number of amides is 2. The Labute approximate surface area is 126 Å². The Hall–Kier alpha value is -1.10. The summed E-state index contributed by atoms with van der Waals surface area (Å²) in [4.78, 5) is 26.9. The van der Waals surface area contributed by atoms with Crippen molar-refractivity contribution in [3.05, 3.63) is 0 Å². The van der Waals surface area contributed by atoms with E-state index in [4.69, 9.17) is 4.74 Å². The lowest BCUT2D eigenvalue weighted by Gasteiger charge is -2.37. The van der Waals surface area contributed by atoms with Crippen LogP contribution in [0.4, 0.5) is 0 Å². The molecule has 118 valence electrons. The summed E-state index contributed by atoms with van der Waals surface area (Å²) in [6.45, 7) is 1.96. The van der Waals surface area contributed by atoms with Gasteiger partial charge in [0.05, 0.1) is 12.6 Å². The molecule has 3 rings (SSSR count). The Morgan fingerprint density at radius 1 is 1.05 bits per heavy atom. The Balaban J connectivity index is 1.74. The fourth-order valence-electron chi connectivity index (χ4n) is 3.94. The zero-order valence-corrected chi connectivity index (χ0v) is 12.7. The molecule has 5 nitrogen and oxygen atoms in total. The molecular formula is C16H26N2O3. The van der Waals surface area contributed by atoms with Crippen LogP contribution in [-0.2, 0) is 14.3 Å². The van der Waals surface area contributed by atoms with Crippen LogP contribution in [0.25, 0.3) is 0 Å². The summed E-state index contributed by atoms with van der Waals surface area (Å²) in [6.07, 6.45) is 8.16. The smallest absolute Gasteiger partial charge is 0.245 e. The first-order valence-electron chi connectivity index (χ1n) is 8.43. The van der Waals surface area contributed by atoms with Gasteiger partial charge in [0.25, 0.3) is 0 Å². The van der Waals surface area contributed by atoms with Crippen LogP contribution in [0.15, 0.2) is 0 Å². The molecule has 21 heavy (non-hydrogen) atoms. The van der Waals surface area contributed by atoms with E-state index in [1.165, 1.54) is 19.3 Å². The van der Waals surface area contributed by atoms with E-state index in [0.29, 0.717) is 25.5 Å². The second-order valence-electron chi connectivity index (χ2n) is 6.60. The van der Waals surface area contributed by atoms with Crippen molar-refractivity contribution >= 4 is 11.8 Å². The van der Waals surface area contributed by atoms with Crippen LogP contribution in [-0.4, -0.2) is 48.6 Å². The SMILES string of the molecule is O=C1CCN(C2CCCOC2)C(=O)C(C2CCCCC2)N1. The second kappa shape index (κ2) is 6.77. The highest BCUT2D eigenvalue weighted by molar-refractivity contribution is 5.90. The summed E-state index contributed by atoms with van der Waals surface area (Å²) in [6, 6.07) is -0.146. The highest BCUT2D eigenvalue weighted by Crippen LogP contribution is 2.29. The number of hydrogen-bond donors (Lipinski definition) is 1. The van der Waals surface area contributed by atoms with Crippen molar-refractivity contribution < 1.29 is 14.3 Å². The molecule has 0 aromatic heterocycles. The van der Waals surface area contributed by atoms with Gasteiger partial charge in [0.2, 0.25) is 11.8 Å². The van der Waals surface area contributed by atoms with Gasteiger partial charge in [-0.05, 0) is 31.6 Å². The molecule has 1 aliphatic carbocycles. The monoisotopic (exact) mass is 294 g/mol. The minimum Gasteiger partial charge on any atom is -0.379 e. The Bertz CT molecular complexity index is 387. The third kappa shape index (κ3) is 3.39. The first kappa shape index (κ1) is 14.8. The molecular weight excluding hydrogens is 268 g/mol. The molecule has 3 fully saturated rings. The first-order valence-corrected chi connectivity index (χ1v) is 8.43. The highest BCUT2D eigenvalue weighted by atomic mass is 16.5. The van der Waals surface area contributed by atoms with E-state index in [9.17, 15) is 9.59 Å². The van der Waals surface area contributed by atoms with Crippen molar-refractivity contribution in [3.8, 4) is 0 Å². The first-order chi connectivity index (χ1) is 10.3.